The summed E-state index contributed by atoms with van der Waals surface area (Å²) < 4.78 is 2.02. The minimum atomic E-state index is -0.450. The van der Waals surface area contributed by atoms with E-state index >= 15 is 0 Å². The maximum Gasteiger partial charge on any atom is 0.250 e. The van der Waals surface area contributed by atoms with E-state index in [1.807, 2.05) is 16.8 Å². The lowest BCUT2D eigenvalue weighted by molar-refractivity contribution is 0.1000. The molecule has 0 fully saturated rings. The van der Waals surface area contributed by atoms with Crippen LogP contribution in [0, 0.1) is 0 Å². The summed E-state index contributed by atoms with van der Waals surface area (Å²) in [5.41, 5.74) is 7.49. The first kappa shape index (κ1) is 10.4. The molecule has 6 heteroatoms. The van der Waals surface area contributed by atoms with Gasteiger partial charge in [0.05, 0.1) is 17.0 Å². The summed E-state index contributed by atoms with van der Waals surface area (Å²) in [7, 11) is 3.30. The minimum absolute atomic E-state index is 0.434. The molecule has 1 aromatic heterocycles. The third-order valence-electron chi connectivity index (χ3n) is 1.87. The molecule has 4 nitrogen and oxygen atoms in total. The van der Waals surface area contributed by atoms with Crippen LogP contribution in [0.25, 0.3) is 5.70 Å². The number of rotatable bonds is 4. The Hall–Kier alpha value is -1.14. The molecule has 1 aliphatic rings. The van der Waals surface area contributed by atoms with Gasteiger partial charge in [0.1, 0.15) is 0 Å². The van der Waals surface area contributed by atoms with E-state index < -0.39 is 5.91 Å². The predicted molar refractivity (Wildman–Crippen MR) is 63.7 cm³/mol. The molecule has 78 valence electrons. The molecule has 1 aromatic rings. The second-order valence-corrected chi connectivity index (χ2v) is 5.20. The van der Waals surface area contributed by atoms with E-state index in [1.165, 1.54) is 6.20 Å². The van der Waals surface area contributed by atoms with Crippen molar-refractivity contribution in [1.29, 1.82) is 0 Å². The summed E-state index contributed by atoms with van der Waals surface area (Å²) in [6.07, 6.45) is 5.50. The molecule has 0 bridgehead atoms. The fourth-order valence-electron chi connectivity index (χ4n) is 1.09. The van der Waals surface area contributed by atoms with Crippen molar-refractivity contribution in [1.82, 2.24) is 9.29 Å². The van der Waals surface area contributed by atoms with Crippen LogP contribution in [0.3, 0.4) is 0 Å². The van der Waals surface area contributed by atoms with Gasteiger partial charge in [-0.2, -0.15) is 0 Å². The molecule has 2 N–H and O–H groups in total. The van der Waals surface area contributed by atoms with Crippen molar-refractivity contribution in [3.05, 3.63) is 35.8 Å². The zero-order chi connectivity index (χ0) is 10.8. The average Bonchev–Trinajstić information content (AvgIpc) is 2.98. The quantitative estimate of drug-likeness (QED) is 0.640. The molecule has 2 heterocycles. The number of aromatic nitrogens is 1. The number of carbonyl (C=O) groups excluding carboxylic acids is 1. The molecular formula is C9H9N3OS2. The van der Waals surface area contributed by atoms with E-state index in [9.17, 15) is 4.79 Å². The third kappa shape index (κ3) is 2.27. The number of amides is 1. The van der Waals surface area contributed by atoms with Gasteiger partial charge in [-0.05, 0) is 18.4 Å². The second kappa shape index (κ2) is 4.16. The summed E-state index contributed by atoms with van der Waals surface area (Å²) in [4.78, 5) is 15.0. The van der Waals surface area contributed by atoms with E-state index in [0.29, 0.717) is 5.56 Å². The Morgan fingerprint density at radius 3 is 2.87 bits per heavy atom. The van der Waals surface area contributed by atoms with E-state index in [4.69, 9.17) is 5.73 Å². The van der Waals surface area contributed by atoms with Crippen LogP contribution in [0.2, 0.25) is 0 Å². The lowest BCUT2D eigenvalue weighted by atomic mass is 10.2. The van der Waals surface area contributed by atoms with Crippen molar-refractivity contribution >= 4 is 33.4 Å². The minimum Gasteiger partial charge on any atom is -0.366 e. The highest BCUT2D eigenvalue weighted by Gasteiger charge is 2.24. The molecule has 15 heavy (non-hydrogen) atoms. The zero-order valence-corrected chi connectivity index (χ0v) is 9.64. The van der Waals surface area contributed by atoms with Gasteiger partial charge < -0.3 is 5.73 Å². The molecule has 0 aromatic carbocycles. The molecular weight excluding hydrogens is 230 g/mol. The monoisotopic (exact) mass is 239 g/mol. The number of hydrogen-bond donors (Lipinski definition) is 1. The van der Waals surface area contributed by atoms with Crippen LogP contribution in [0.4, 0.5) is 0 Å². The Labute approximate surface area is 95.5 Å². The van der Waals surface area contributed by atoms with Crippen LogP contribution in [-0.2, 0) is 0 Å². The maximum absolute atomic E-state index is 10.8. The van der Waals surface area contributed by atoms with Crippen LogP contribution in [0.5, 0.6) is 0 Å². The van der Waals surface area contributed by atoms with Gasteiger partial charge in [-0.15, -0.1) is 0 Å². The second-order valence-electron chi connectivity index (χ2n) is 2.88. The van der Waals surface area contributed by atoms with Gasteiger partial charge in [0.15, 0.2) is 0 Å². The Kier molecular flexibility index (Phi) is 2.88. The topological polar surface area (TPSA) is 59.0 Å². The highest BCUT2D eigenvalue weighted by molar-refractivity contribution is 8.75. The van der Waals surface area contributed by atoms with Gasteiger partial charge in [-0.1, -0.05) is 10.8 Å². The summed E-state index contributed by atoms with van der Waals surface area (Å²) in [5, 5.41) is 0. The van der Waals surface area contributed by atoms with E-state index in [2.05, 4.69) is 4.98 Å². The third-order valence-corrected chi connectivity index (χ3v) is 3.42. The Morgan fingerprint density at radius 1 is 1.53 bits per heavy atom. The molecule has 1 aliphatic heterocycles. The van der Waals surface area contributed by atoms with E-state index in [-0.39, 0.29) is 0 Å². The van der Waals surface area contributed by atoms with Crippen LogP contribution in [-0.4, -0.2) is 21.5 Å². The van der Waals surface area contributed by atoms with Crippen molar-refractivity contribution < 1.29 is 4.79 Å². The summed E-state index contributed by atoms with van der Waals surface area (Å²) >= 11 is 0. The number of carbonyl (C=O) groups is 1. The lowest BCUT2D eigenvalue weighted by Crippen LogP contribution is -2.11. The maximum atomic E-state index is 10.8. The molecule has 2 rings (SSSR count). The number of nitrogens with two attached hydrogens (primary N) is 1. The normalized spacial score (nSPS) is 13.7. The average molecular weight is 239 g/mol. The largest absolute Gasteiger partial charge is 0.366 e. The Bertz CT molecular complexity index is 416. The molecule has 0 saturated carbocycles. The molecule has 0 spiro atoms. The first-order chi connectivity index (χ1) is 7.22. The Balaban J connectivity index is 2.06. The number of hydrogen-bond acceptors (Lipinski definition) is 5. The van der Waals surface area contributed by atoms with E-state index in [0.717, 1.165) is 11.4 Å². The van der Waals surface area contributed by atoms with Gasteiger partial charge in [0.2, 0.25) is 5.91 Å². The van der Waals surface area contributed by atoms with Gasteiger partial charge >= 0.3 is 0 Å². The zero-order valence-electron chi connectivity index (χ0n) is 8.01. The van der Waals surface area contributed by atoms with Gasteiger partial charge in [0, 0.05) is 23.4 Å². The predicted octanol–water partition coefficient (Wildman–Crippen LogP) is 1.72. The van der Waals surface area contributed by atoms with Crippen molar-refractivity contribution in [2.45, 2.75) is 0 Å². The summed E-state index contributed by atoms with van der Waals surface area (Å²) in [6.45, 7) is 0. The Morgan fingerprint density at radius 2 is 2.33 bits per heavy atom. The van der Waals surface area contributed by atoms with Crippen molar-refractivity contribution in [3.63, 3.8) is 0 Å². The summed E-state index contributed by atoms with van der Waals surface area (Å²) in [6, 6.07) is 3.48. The fraction of sp³-hybridized carbons (Fsp3) is 0.111. The standard InChI is InChI=1S/C9H9N3OS2/c1-14-15-12-5-8(12)7-3-2-6(4-11-7)9(10)13/h2-5H,1H3,(H2,10,13). The number of nitrogens with zero attached hydrogens (tertiary/aromatic N) is 2. The summed E-state index contributed by atoms with van der Waals surface area (Å²) in [5.74, 6) is -0.450. The van der Waals surface area contributed by atoms with Gasteiger partial charge in [-0.25, -0.2) is 0 Å². The highest BCUT2D eigenvalue weighted by atomic mass is 33.1. The smallest absolute Gasteiger partial charge is 0.250 e. The molecule has 0 radical (unpaired) electrons. The molecule has 0 unspecified atom stereocenters. The number of pyridine rings is 1. The SMILES string of the molecule is CSSN1C=C1c1ccc(C(N)=O)cn1. The van der Waals surface area contributed by atoms with Crippen LogP contribution in [0.1, 0.15) is 16.1 Å². The molecule has 1 amide bonds. The lowest BCUT2D eigenvalue weighted by Gasteiger charge is -2.01. The van der Waals surface area contributed by atoms with Crippen molar-refractivity contribution in [3.8, 4) is 0 Å². The number of primary amides is 1. The van der Waals surface area contributed by atoms with Crippen molar-refractivity contribution in [2.75, 3.05) is 6.26 Å². The van der Waals surface area contributed by atoms with Crippen molar-refractivity contribution in [2.24, 2.45) is 5.73 Å². The fourth-order valence-corrected chi connectivity index (χ4v) is 2.42. The first-order valence-corrected chi connectivity index (χ1v) is 6.72. The van der Waals surface area contributed by atoms with Crippen LogP contribution >= 0.6 is 21.8 Å². The first-order valence-electron chi connectivity index (χ1n) is 4.20. The van der Waals surface area contributed by atoms with Gasteiger partial charge in [-0.3, -0.25) is 14.1 Å². The molecule has 0 aliphatic carbocycles. The van der Waals surface area contributed by atoms with Crippen LogP contribution in [0.15, 0.2) is 24.5 Å². The van der Waals surface area contributed by atoms with E-state index in [1.54, 1.807) is 33.9 Å². The highest BCUT2D eigenvalue weighted by Crippen LogP contribution is 2.42. The van der Waals surface area contributed by atoms with Crippen LogP contribution < -0.4 is 5.73 Å². The van der Waals surface area contributed by atoms with Gasteiger partial charge in [0.25, 0.3) is 0 Å². The molecule has 0 saturated heterocycles. The molecule has 0 atom stereocenters.